The van der Waals surface area contributed by atoms with E-state index in [2.05, 4.69) is 34.1 Å². The minimum atomic E-state index is -3.63. The van der Waals surface area contributed by atoms with E-state index in [1.807, 2.05) is 0 Å². The van der Waals surface area contributed by atoms with E-state index in [9.17, 15) is 13.2 Å². The summed E-state index contributed by atoms with van der Waals surface area (Å²) in [4.78, 5) is 12.4. The number of rotatable bonds is 6. The van der Waals surface area contributed by atoms with E-state index in [1.165, 1.54) is 35.6 Å². The first-order valence-electron chi connectivity index (χ1n) is 8.24. The second-order valence-corrected chi connectivity index (χ2v) is 10.2. The van der Waals surface area contributed by atoms with Crippen LogP contribution in [0.4, 0.5) is 5.13 Å². The van der Waals surface area contributed by atoms with E-state index in [4.69, 9.17) is 0 Å². The van der Waals surface area contributed by atoms with E-state index >= 15 is 0 Å². The monoisotopic (exact) mass is 396 g/mol. The maximum Gasteiger partial charge on any atom is 0.257 e. The highest BCUT2D eigenvalue weighted by Gasteiger charge is 2.22. The van der Waals surface area contributed by atoms with Crippen LogP contribution in [0.5, 0.6) is 0 Å². The van der Waals surface area contributed by atoms with Gasteiger partial charge in [-0.1, -0.05) is 25.2 Å². The molecule has 26 heavy (non-hydrogen) atoms. The molecule has 9 heteroatoms. The molecular weight excluding hydrogens is 372 g/mol. The van der Waals surface area contributed by atoms with Crippen molar-refractivity contribution >= 4 is 32.4 Å². The normalized spacial score (nSPS) is 12.4. The second kappa shape index (κ2) is 7.81. The molecule has 0 radical (unpaired) electrons. The molecule has 0 aliphatic heterocycles. The van der Waals surface area contributed by atoms with Gasteiger partial charge < -0.3 is 0 Å². The van der Waals surface area contributed by atoms with Gasteiger partial charge in [0, 0.05) is 17.5 Å². The predicted molar refractivity (Wildman–Crippen MR) is 103 cm³/mol. The van der Waals surface area contributed by atoms with Crippen molar-refractivity contribution in [3.63, 3.8) is 0 Å². The van der Waals surface area contributed by atoms with Crippen LogP contribution in [0.1, 0.15) is 50.0 Å². The average Bonchev–Trinajstić information content (AvgIpc) is 2.91. The van der Waals surface area contributed by atoms with Crippen LogP contribution in [0, 0.1) is 5.92 Å². The summed E-state index contributed by atoms with van der Waals surface area (Å²) in [5.74, 6) is 0.104. The molecule has 2 aromatic rings. The molecule has 0 fully saturated rings. The highest BCUT2D eigenvalue weighted by Crippen LogP contribution is 2.20. The van der Waals surface area contributed by atoms with Gasteiger partial charge >= 0.3 is 0 Å². The number of hydrogen-bond donors (Lipinski definition) is 2. The summed E-state index contributed by atoms with van der Waals surface area (Å²) >= 11 is 1.34. The highest BCUT2D eigenvalue weighted by atomic mass is 32.2. The Morgan fingerprint density at radius 3 is 2.31 bits per heavy atom. The van der Waals surface area contributed by atoms with Gasteiger partial charge in [0.1, 0.15) is 5.01 Å². The van der Waals surface area contributed by atoms with Crippen molar-refractivity contribution in [1.29, 1.82) is 0 Å². The smallest absolute Gasteiger partial charge is 0.257 e. The van der Waals surface area contributed by atoms with Crippen LogP contribution in [-0.2, 0) is 16.4 Å². The molecule has 2 rings (SSSR count). The lowest BCUT2D eigenvalue weighted by Gasteiger charge is -2.20. The molecule has 7 nitrogen and oxygen atoms in total. The van der Waals surface area contributed by atoms with E-state index in [1.54, 1.807) is 20.8 Å². The molecule has 1 amide bonds. The topological polar surface area (TPSA) is 101 Å². The summed E-state index contributed by atoms with van der Waals surface area (Å²) in [7, 11) is -3.63. The summed E-state index contributed by atoms with van der Waals surface area (Å²) in [6.45, 7) is 9.47. The summed E-state index contributed by atoms with van der Waals surface area (Å²) in [6.07, 6.45) is 0.806. The molecule has 0 aliphatic carbocycles. The molecule has 0 bridgehead atoms. The van der Waals surface area contributed by atoms with Crippen LogP contribution in [0.2, 0.25) is 0 Å². The van der Waals surface area contributed by atoms with Gasteiger partial charge in [-0.05, 0) is 51.0 Å². The van der Waals surface area contributed by atoms with Gasteiger partial charge in [0.15, 0.2) is 0 Å². The third kappa shape index (κ3) is 5.86. The van der Waals surface area contributed by atoms with Crippen molar-refractivity contribution in [2.45, 2.75) is 51.5 Å². The summed E-state index contributed by atoms with van der Waals surface area (Å²) in [6, 6.07) is 5.77. The average molecular weight is 397 g/mol. The van der Waals surface area contributed by atoms with E-state index in [0.29, 0.717) is 16.6 Å². The Morgan fingerprint density at radius 2 is 1.77 bits per heavy atom. The van der Waals surface area contributed by atoms with Crippen molar-refractivity contribution in [2.24, 2.45) is 5.92 Å². The molecule has 0 atom stereocenters. The Bertz CT molecular complexity index is 866. The molecule has 0 saturated carbocycles. The number of sulfonamides is 1. The molecular formula is C17H24N4O3S2. The summed E-state index contributed by atoms with van der Waals surface area (Å²) in [5, 5.41) is 12.0. The standard InChI is InChI=1S/C17H24N4O3S2/c1-11(2)10-14-19-20-16(25-14)18-15(22)12-6-8-13(9-7-12)26(23,24)21-17(3,4)5/h6-9,11,21H,10H2,1-5H3,(H,18,20,22). The van der Waals surface area contributed by atoms with Crippen LogP contribution in [-0.4, -0.2) is 30.1 Å². The molecule has 0 unspecified atom stereocenters. The number of aromatic nitrogens is 2. The maximum absolute atomic E-state index is 12.3. The fraction of sp³-hybridized carbons (Fsp3) is 0.471. The third-order valence-electron chi connectivity index (χ3n) is 3.14. The van der Waals surface area contributed by atoms with Crippen molar-refractivity contribution < 1.29 is 13.2 Å². The van der Waals surface area contributed by atoms with Gasteiger partial charge in [-0.15, -0.1) is 10.2 Å². The first-order chi connectivity index (χ1) is 12.0. The lowest BCUT2D eigenvalue weighted by atomic mass is 10.1. The zero-order chi connectivity index (χ0) is 19.5. The minimum Gasteiger partial charge on any atom is -0.296 e. The molecule has 0 saturated heterocycles. The van der Waals surface area contributed by atoms with Crippen molar-refractivity contribution in [3.05, 3.63) is 34.8 Å². The van der Waals surface area contributed by atoms with Gasteiger partial charge in [0.25, 0.3) is 5.91 Å². The summed E-state index contributed by atoms with van der Waals surface area (Å²) in [5.41, 5.74) is -0.235. The van der Waals surface area contributed by atoms with Gasteiger partial charge in [-0.3, -0.25) is 10.1 Å². The number of hydrogen-bond acceptors (Lipinski definition) is 6. The quantitative estimate of drug-likeness (QED) is 0.781. The SMILES string of the molecule is CC(C)Cc1nnc(NC(=O)c2ccc(S(=O)(=O)NC(C)(C)C)cc2)s1. The second-order valence-electron chi connectivity index (χ2n) is 7.43. The zero-order valence-electron chi connectivity index (χ0n) is 15.5. The number of carbonyl (C=O) groups is 1. The van der Waals surface area contributed by atoms with E-state index in [-0.39, 0.29) is 10.8 Å². The first kappa shape index (κ1) is 20.5. The molecule has 1 aromatic heterocycles. The van der Waals surface area contributed by atoms with E-state index < -0.39 is 15.6 Å². The van der Waals surface area contributed by atoms with Gasteiger partial charge in [0.2, 0.25) is 15.2 Å². The number of nitrogens with zero attached hydrogens (tertiary/aromatic N) is 2. The van der Waals surface area contributed by atoms with Crippen molar-refractivity contribution in [2.75, 3.05) is 5.32 Å². The molecule has 0 spiro atoms. The first-order valence-corrected chi connectivity index (χ1v) is 10.5. The Hall–Kier alpha value is -1.84. The molecule has 2 N–H and O–H groups in total. The van der Waals surface area contributed by atoms with Gasteiger partial charge in [-0.2, -0.15) is 0 Å². The molecule has 142 valence electrons. The van der Waals surface area contributed by atoms with Crippen LogP contribution >= 0.6 is 11.3 Å². The fourth-order valence-electron chi connectivity index (χ4n) is 2.15. The van der Waals surface area contributed by atoms with Gasteiger partial charge in [-0.25, -0.2) is 13.1 Å². The lowest BCUT2D eigenvalue weighted by Crippen LogP contribution is -2.40. The Kier molecular flexibility index (Phi) is 6.15. The Labute approximate surface area is 158 Å². The van der Waals surface area contributed by atoms with Gasteiger partial charge in [0.05, 0.1) is 4.90 Å². The van der Waals surface area contributed by atoms with Crippen molar-refractivity contribution in [3.8, 4) is 0 Å². The highest BCUT2D eigenvalue weighted by molar-refractivity contribution is 7.89. The predicted octanol–water partition coefficient (Wildman–Crippen LogP) is 3.07. The van der Waals surface area contributed by atoms with Crippen LogP contribution in [0.3, 0.4) is 0 Å². The lowest BCUT2D eigenvalue weighted by molar-refractivity contribution is 0.102. The van der Waals surface area contributed by atoms with E-state index in [0.717, 1.165) is 11.4 Å². The number of benzene rings is 1. The Balaban J connectivity index is 2.08. The van der Waals surface area contributed by atoms with Crippen LogP contribution < -0.4 is 10.0 Å². The fourth-order valence-corrected chi connectivity index (χ4v) is 4.52. The number of nitrogens with one attached hydrogen (secondary N) is 2. The third-order valence-corrected chi connectivity index (χ3v) is 5.77. The Morgan fingerprint density at radius 1 is 1.15 bits per heavy atom. The number of carbonyl (C=O) groups excluding carboxylic acids is 1. The molecule has 1 heterocycles. The van der Waals surface area contributed by atoms with Crippen LogP contribution in [0.15, 0.2) is 29.2 Å². The van der Waals surface area contributed by atoms with Crippen molar-refractivity contribution in [1.82, 2.24) is 14.9 Å². The zero-order valence-corrected chi connectivity index (χ0v) is 17.2. The number of anilines is 1. The largest absolute Gasteiger partial charge is 0.296 e. The minimum absolute atomic E-state index is 0.110. The maximum atomic E-state index is 12.3. The molecule has 0 aliphatic rings. The molecule has 1 aromatic carbocycles. The van der Waals surface area contributed by atoms with Crippen LogP contribution in [0.25, 0.3) is 0 Å². The number of amides is 1. The summed E-state index contributed by atoms with van der Waals surface area (Å²) < 4.78 is 27.1.